The van der Waals surface area contributed by atoms with Crippen molar-refractivity contribution in [2.24, 2.45) is 11.8 Å². The molecule has 2 unspecified atom stereocenters. The van der Waals surface area contributed by atoms with E-state index < -0.39 is 5.92 Å². The van der Waals surface area contributed by atoms with Crippen LogP contribution in [0.25, 0.3) is 0 Å². The molecule has 1 aromatic rings. The van der Waals surface area contributed by atoms with Gasteiger partial charge in [0.05, 0.1) is 18.4 Å². The molecule has 0 aromatic heterocycles. The third-order valence-electron chi connectivity index (χ3n) is 3.85. The summed E-state index contributed by atoms with van der Waals surface area (Å²) < 4.78 is 10.6. The van der Waals surface area contributed by atoms with E-state index in [2.05, 4.69) is 0 Å². The lowest BCUT2D eigenvalue weighted by molar-refractivity contribution is -0.158. The van der Waals surface area contributed by atoms with Gasteiger partial charge in [0.2, 0.25) is 0 Å². The number of hydrogen-bond acceptors (Lipinski definition) is 4. The summed E-state index contributed by atoms with van der Waals surface area (Å²) in [6.07, 6.45) is 3.99. The Bertz CT molecular complexity index is 512. The predicted octanol–water partition coefficient (Wildman–Crippen LogP) is 4.01. The largest absolute Gasteiger partial charge is 0.465 e. The first-order valence-corrected chi connectivity index (χ1v) is 8.13. The maximum absolute atomic E-state index is 12.4. The summed E-state index contributed by atoms with van der Waals surface area (Å²) in [5, 5.41) is 0.582. The van der Waals surface area contributed by atoms with Gasteiger partial charge in [-0.05, 0) is 43.5 Å². The second kappa shape index (κ2) is 8.18. The van der Waals surface area contributed by atoms with Crippen LogP contribution in [-0.4, -0.2) is 18.5 Å². The number of carbonyl (C=O) groups excluding carboxylic acids is 2. The average Bonchev–Trinajstić information content (AvgIpc) is 2.54. The first kappa shape index (κ1) is 16.8. The zero-order chi connectivity index (χ0) is 15.9. The van der Waals surface area contributed by atoms with E-state index in [-0.39, 0.29) is 17.9 Å². The molecule has 1 aliphatic carbocycles. The molecule has 0 N–H and O–H groups in total. The molecule has 0 saturated heterocycles. The van der Waals surface area contributed by atoms with Gasteiger partial charge in [0.15, 0.2) is 0 Å². The Morgan fingerprint density at radius 3 is 2.27 bits per heavy atom. The molecular formula is C17H21ClO4. The fourth-order valence-corrected chi connectivity index (χ4v) is 2.83. The van der Waals surface area contributed by atoms with Gasteiger partial charge in [-0.15, -0.1) is 0 Å². The number of hydrogen-bond donors (Lipinski definition) is 0. The molecule has 0 radical (unpaired) electrons. The molecule has 0 aliphatic heterocycles. The molecule has 120 valence electrons. The molecule has 1 aromatic carbocycles. The monoisotopic (exact) mass is 324 g/mol. The summed E-state index contributed by atoms with van der Waals surface area (Å²) in [6.45, 7) is 2.34. The highest BCUT2D eigenvalue weighted by Crippen LogP contribution is 2.32. The zero-order valence-corrected chi connectivity index (χ0v) is 13.5. The van der Waals surface area contributed by atoms with E-state index >= 15 is 0 Å². The summed E-state index contributed by atoms with van der Waals surface area (Å²) in [5.41, 5.74) is 0. The van der Waals surface area contributed by atoms with Crippen molar-refractivity contribution in [1.29, 1.82) is 0 Å². The molecule has 2 rings (SSSR count). The molecule has 0 heterocycles. The highest BCUT2D eigenvalue weighted by molar-refractivity contribution is 6.30. The number of esters is 2. The van der Waals surface area contributed by atoms with Crippen molar-refractivity contribution in [3.8, 4) is 5.75 Å². The molecule has 2 atom stereocenters. The number of halogens is 1. The average molecular weight is 325 g/mol. The Labute approximate surface area is 135 Å². The lowest BCUT2D eigenvalue weighted by Gasteiger charge is -2.28. The maximum atomic E-state index is 12.4. The van der Waals surface area contributed by atoms with Gasteiger partial charge in [-0.1, -0.05) is 31.4 Å². The third-order valence-corrected chi connectivity index (χ3v) is 4.10. The highest BCUT2D eigenvalue weighted by atomic mass is 35.5. The molecule has 1 fully saturated rings. The Balaban J connectivity index is 2.01. The maximum Gasteiger partial charge on any atom is 0.315 e. The van der Waals surface area contributed by atoms with Crippen LogP contribution in [0, 0.1) is 11.8 Å². The summed E-state index contributed by atoms with van der Waals surface area (Å²) in [7, 11) is 0. The third kappa shape index (κ3) is 4.47. The van der Waals surface area contributed by atoms with Gasteiger partial charge in [-0.25, -0.2) is 0 Å². The van der Waals surface area contributed by atoms with E-state index in [1.54, 1.807) is 24.3 Å². The SMILES string of the molecule is CCCOC(=O)C1CCCCC1C(=O)Oc1ccc(Cl)cc1. The van der Waals surface area contributed by atoms with Gasteiger partial charge >= 0.3 is 11.9 Å². The first-order chi connectivity index (χ1) is 10.6. The Kier molecular flexibility index (Phi) is 6.25. The van der Waals surface area contributed by atoms with Crippen LogP contribution in [-0.2, 0) is 14.3 Å². The summed E-state index contributed by atoms with van der Waals surface area (Å²) in [5.74, 6) is -1.00. The van der Waals surface area contributed by atoms with Crippen molar-refractivity contribution in [3.63, 3.8) is 0 Å². The fourth-order valence-electron chi connectivity index (χ4n) is 2.70. The van der Waals surface area contributed by atoms with Gasteiger partial charge in [0, 0.05) is 5.02 Å². The van der Waals surface area contributed by atoms with Crippen molar-refractivity contribution in [3.05, 3.63) is 29.3 Å². The molecule has 0 spiro atoms. The predicted molar refractivity (Wildman–Crippen MR) is 83.8 cm³/mol. The van der Waals surface area contributed by atoms with Gasteiger partial charge in [0.1, 0.15) is 5.75 Å². The molecular weight excluding hydrogens is 304 g/mol. The fraction of sp³-hybridized carbons (Fsp3) is 0.529. The number of benzene rings is 1. The van der Waals surface area contributed by atoms with Gasteiger partial charge in [-0.2, -0.15) is 0 Å². The normalized spacial score (nSPS) is 21.2. The second-order valence-corrected chi connectivity index (χ2v) is 5.98. The zero-order valence-electron chi connectivity index (χ0n) is 12.7. The minimum absolute atomic E-state index is 0.278. The van der Waals surface area contributed by atoms with Crippen molar-refractivity contribution in [2.45, 2.75) is 39.0 Å². The molecule has 4 nitrogen and oxygen atoms in total. The van der Waals surface area contributed by atoms with Crippen molar-refractivity contribution in [1.82, 2.24) is 0 Å². The Morgan fingerprint density at radius 1 is 1.09 bits per heavy atom. The molecule has 0 bridgehead atoms. The number of rotatable bonds is 5. The lowest BCUT2D eigenvalue weighted by atomic mass is 9.79. The van der Waals surface area contributed by atoms with Crippen molar-refractivity contribution < 1.29 is 19.1 Å². The van der Waals surface area contributed by atoms with Crippen LogP contribution >= 0.6 is 11.6 Å². The van der Waals surface area contributed by atoms with Crippen molar-refractivity contribution in [2.75, 3.05) is 6.61 Å². The van der Waals surface area contributed by atoms with E-state index in [0.29, 0.717) is 30.2 Å². The first-order valence-electron chi connectivity index (χ1n) is 7.75. The van der Waals surface area contributed by atoms with Gasteiger partial charge < -0.3 is 9.47 Å². The Morgan fingerprint density at radius 2 is 1.68 bits per heavy atom. The minimum atomic E-state index is -0.422. The number of carbonyl (C=O) groups is 2. The van der Waals surface area contributed by atoms with E-state index in [4.69, 9.17) is 21.1 Å². The van der Waals surface area contributed by atoms with Crippen LogP contribution in [0.15, 0.2) is 24.3 Å². The minimum Gasteiger partial charge on any atom is -0.465 e. The van der Waals surface area contributed by atoms with Crippen LogP contribution in [0.2, 0.25) is 5.02 Å². The van der Waals surface area contributed by atoms with E-state index in [0.717, 1.165) is 19.3 Å². The summed E-state index contributed by atoms with van der Waals surface area (Å²) in [6, 6.07) is 6.62. The lowest BCUT2D eigenvalue weighted by Crippen LogP contribution is -2.36. The van der Waals surface area contributed by atoms with Gasteiger partial charge in [-0.3, -0.25) is 9.59 Å². The van der Waals surface area contributed by atoms with Crippen molar-refractivity contribution >= 4 is 23.5 Å². The topological polar surface area (TPSA) is 52.6 Å². The molecule has 0 amide bonds. The van der Waals surface area contributed by atoms with Crippen LogP contribution in [0.4, 0.5) is 0 Å². The Hall–Kier alpha value is -1.55. The van der Waals surface area contributed by atoms with Crippen LogP contribution in [0.1, 0.15) is 39.0 Å². The quantitative estimate of drug-likeness (QED) is 0.606. The number of ether oxygens (including phenoxy) is 2. The standard InChI is InChI=1S/C17H21ClO4/c1-2-11-21-16(19)14-5-3-4-6-15(14)17(20)22-13-9-7-12(18)8-10-13/h7-10,14-15H,2-6,11H2,1H3. The second-order valence-electron chi connectivity index (χ2n) is 5.54. The molecule has 22 heavy (non-hydrogen) atoms. The highest BCUT2D eigenvalue weighted by Gasteiger charge is 2.38. The van der Waals surface area contributed by atoms with Crippen LogP contribution in [0.5, 0.6) is 5.75 Å². The van der Waals surface area contributed by atoms with Gasteiger partial charge in [0.25, 0.3) is 0 Å². The smallest absolute Gasteiger partial charge is 0.315 e. The van der Waals surface area contributed by atoms with Crippen LogP contribution < -0.4 is 4.74 Å². The van der Waals surface area contributed by atoms with Crippen LogP contribution in [0.3, 0.4) is 0 Å². The molecule has 1 saturated carbocycles. The molecule has 5 heteroatoms. The van der Waals surface area contributed by atoms with E-state index in [1.807, 2.05) is 6.92 Å². The summed E-state index contributed by atoms with van der Waals surface area (Å²) in [4.78, 5) is 24.5. The summed E-state index contributed by atoms with van der Waals surface area (Å²) >= 11 is 5.81. The van der Waals surface area contributed by atoms with E-state index in [9.17, 15) is 9.59 Å². The van der Waals surface area contributed by atoms with E-state index in [1.165, 1.54) is 0 Å². The molecule has 1 aliphatic rings.